The summed E-state index contributed by atoms with van der Waals surface area (Å²) >= 11 is 0. The van der Waals surface area contributed by atoms with Gasteiger partial charge in [0.2, 0.25) is 0 Å². The van der Waals surface area contributed by atoms with E-state index in [2.05, 4.69) is 49.6 Å². The molecule has 1 N–H and O–H groups in total. The van der Waals surface area contributed by atoms with Crippen LogP contribution in [0.15, 0.2) is 30.4 Å². The summed E-state index contributed by atoms with van der Waals surface area (Å²) in [5, 5.41) is 3.46. The van der Waals surface area contributed by atoms with E-state index < -0.39 is 0 Å². The standard InChI is InChI=1S/C17H23NO/c1-12-8-9-16-14(10-12)15(18-2)11-17(19-16)13-6-4-3-5-7-13/h3-4,8-10,13,15,17-18H,5-7,11H2,1-2H3. The summed E-state index contributed by atoms with van der Waals surface area (Å²) in [5.74, 6) is 1.76. The molecular formula is C17H23NO. The van der Waals surface area contributed by atoms with Crippen LogP contribution in [-0.4, -0.2) is 13.2 Å². The minimum Gasteiger partial charge on any atom is -0.490 e. The fourth-order valence-electron chi connectivity index (χ4n) is 3.33. The molecule has 3 rings (SSSR count). The van der Waals surface area contributed by atoms with E-state index in [9.17, 15) is 0 Å². The van der Waals surface area contributed by atoms with Crippen LogP contribution in [0.3, 0.4) is 0 Å². The van der Waals surface area contributed by atoms with Gasteiger partial charge in [0.05, 0.1) is 0 Å². The third-order valence-electron chi connectivity index (χ3n) is 4.47. The van der Waals surface area contributed by atoms with E-state index in [0.717, 1.165) is 12.2 Å². The lowest BCUT2D eigenvalue weighted by molar-refractivity contribution is 0.0887. The third-order valence-corrected chi connectivity index (χ3v) is 4.47. The van der Waals surface area contributed by atoms with Gasteiger partial charge in [0.25, 0.3) is 0 Å². The van der Waals surface area contributed by atoms with E-state index >= 15 is 0 Å². The molecule has 1 heterocycles. The molecule has 0 spiro atoms. The fourth-order valence-corrected chi connectivity index (χ4v) is 3.33. The Labute approximate surface area is 115 Å². The highest BCUT2D eigenvalue weighted by Crippen LogP contribution is 2.39. The number of rotatable bonds is 2. The number of fused-ring (bicyclic) bond motifs is 1. The van der Waals surface area contributed by atoms with E-state index in [0.29, 0.717) is 18.1 Å². The predicted molar refractivity (Wildman–Crippen MR) is 78.5 cm³/mol. The van der Waals surface area contributed by atoms with E-state index in [1.54, 1.807) is 0 Å². The summed E-state index contributed by atoms with van der Waals surface area (Å²) in [6, 6.07) is 6.97. The van der Waals surface area contributed by atoms with Crippen molar-refractivity contribution in [2.45, 2.75) is 44.8 Å². The molecule has 1 aromatic carbocycles. The summed E-state index contributed by atoms with van der Waals surface area (Å²) in [5.41, 5.74) is 2.63. The molecule has 1 aromatic rings. The molecule has 2 nitrogen and oxygen atoms in total. The summed E-state index contributed by atoms with van der Waals surface area (Å²) in [6.07, 6.45) is 9.70. The molecule has 0 amide bonds. The minimum atomic E-state index is 0.359. The van der Waals surface area contributed by atoms with Gasteiger partial charge in [-0.25, -0.2) is 0 Å². The Morgan fingerprint density at radius 2 is 2.16 bits per heavy atom. The largest absolute Gasteiger partial charge is 0.490 e. The van der Waals surface area contributed by atoms with Gasteiger partial charge in [0.15, 0.2) is 0 Å². The number of nitrogens with one attached hydrogen (secondary N) is 1. The van der Waals surface area contributed by atoms with E-state index in [4.69, 9.17) is 4.74 Å². The molecule has 19 heavy (non-hydrogen) atoms. The first-order valence-corrected chi connectivity index (χ1v) is 7.37. The van der Waals surface area contributed by atoms with Gasteiger partial charge < -0.3 is 10.1 Å². The number of allylic oxidation sites excluding steroid dienone is 2. The lowest BCUT2D eigenvalue weighted by atomic mass is 9.83. The monoisotopic (exact) mass is 257 g/mol. The molecule has 0 fully saturated rings. The molecule has 2 heteroatoms. The highest BCUT2D eigenvalue weighted by Gasteiger charge is 2.32. The molecule has 3 atom stereocenters. The first kappa shape index (κ1) is 12.7. The molecule has 3 unspecified atom stereocenters. The topological polar surface area (TPSA) is 21.3 Å². The van der Waals surface area contributed by atoms with Crippen molar-refractivity contribution in [1.82, 2.24) is 5.32 Å². The number of hydrogen-bond donors (Lipinski definition) is 1. The second kappa shape index (κ2) is 5.38. The number of hydrogen-bond acceptors (Lipinski definition) is 2. The summed E-state index contributed by atoms with van der Waals surface area (Å²) in [6.45, 7) is 2.14. The molecule has 1 aliphatic carbocycles. The maximum Gasteiger partial charge on any atom is 0.124 e. The Morgan fingerprint density at radius 1 is 1.26 bits per heavy atom. The Morgan fingerprint density at radius 3 is 2.89 bits per heavy atom. The number of benzene rings is 1. The van der Waals surface area contributed by atoms with Crippen molar-refractivity contribution in [3.05, 3.63) is 41.5 Å². The molecule has 0 radical (unpaired) electrons. The average molecular weight is 257 g/mol. The highest BCUT2D eigenvalue weighted by atomic mass is 16.5. The molecular weight excluding hydrogens is 234 g/mol. The molecule has 0 aromatic heterocycles. The van der Waals surface area contributed by atoms with Gasteiger partial charge in [0.1, 0.15) is 11.9 Å². The van der Waals surface area contributed by atoms with Crippen molar-refractivity contribution in [3.63, 3.8) is 0 Å². The van der Waals surface area contributed by atoms with Crippen LogP contribution in [-0.2, 0) is 0 Å². The summed E-state index contributed by atoms with van der Waals surface area (Å²) in [4.78, 5) is 0. The maximum atomic E-state index is 6.28. The third kappa shape index (κ3) is 2.55. The van der Waals surface area contributed by atoms with E-state index in [1.165, 1.54) is 30.4 Å². The van der Waals surface area contributed by atoms with E-state index in [-0.39, 0.29) is 0 Å². The van der Waals surface area contributed by atoms with Crippen LogP contribution in [0.25, 0.3) is 0 Å². The SMILES string of the molecule is CNC1CC(C2CC=CCC2)Oc2ccc(C)cc21. The van der Waals surface area contributed by atoms with Crippen LogP contribution in [0.1, 0.15) is 42.9 Å². The number of ether oxygens (including phenoxy) is 1. The molecule has 0 bridgehead atoms. The Kier molecular flexibility index (Phi) is 3.61. The van der Waals surface area contributed by atoms with Gasteiger partial charge in [-0.1, -0.05) is 29.8 Å². The van der Waals surface area contributed by atoms with E-state index in [1.807, 2.05) is 0 Å². The molecule has 102 valence electrons. The van der Waals surface area contributed by atoms with Crippen molar-refractivity contribution in [1.29, 1.82) is 0 Å². The first-order valence-electron chi connectivity index (χ1n) is 7.37. The van der Waals surface area contributed by atoms with Gasteiger partial charge in [-0.3, -0.25) is 0 Å². The smallest absolute Gasteiger partial charge is 0.124 e. The summed E-state index contributed by atoms with van der Waals surface area (Å²) in [7, 11) is 2.06. The van der Waals surface area contributed by atoms with Crippen molar-refractivity contribution in [2.24, 2.45) is 5.92 Å². The molecule has 0 saturated carbocycles. The van der Waals surface area contributed by atoms with Crippen molar-refractivity contribution in [3.8, 4) is 5.75 Å². The van der Waals surface area contributed by atoms with Gasteiger partial charge in [-0.05, 0) is 45.2 Å². The normalized spacial score (nSPS) is 29.7. The lowest BCUT2D eigenvalue weighted by Gasteiger charge is -2.37. The van der Waals surface area contributed by atoms with Crippen LogP contribution in [0.5, 0.6) is 5.75 Å². The van der Waals surface area contributed by atoms with Crippen molar-refractivity contribution >= 4 is 0 Å². The highest BCUT2D eigenvalue weighted by molar-refractivity contribution is 5.41. The van der Waals surface area contributed by atoms with Crippen LogP contribution < -0.4 is 10.1 Å². The fraction of sp³-hybridized carbons (Fsp3) is 0.529. The minimum absolute atomic E-state index is 0.359. The second-order valence-electron chi connectivity index (χ2n) is 5.82. The van der Waals surface area contributed by atoms with Crippen molar-refractivity contribution in [2.75, 3.05) is 7.05 Å². The van der Waals surface area contributed by atoms with Gasteiger partial charge in [-0.15, -0.1) is 0 Å². The molecule has 2 aliphatic rings. The van der Waals surface area contributed by atoms with Crippen LogP contribution in [0.4, 0.5) is 0 Å². The quantitative estimate of drug-likeness (QED) is 0.814. The lowest BCUT2D eigenvalue weighted by Crippen LogP contribution is -2.36. The predicted octanol–water partition coefficient (Wildman–Crippen LogP) is 3.76. The second-order valence-corrected chi connectivity index (χ2v) is 5.82. The van der Waals surface area contributed by atoms with Crippen LogP contribution in [0, 0.1) is 12.8 Å². The summed E-state index contributed by atoms with van der Waals surface area (Å²) < 4.78 is 6.28. The van der Waals surface area contributed by atoms with Gasteiger partial charge >= 0.3 is 0 Å². The Balaban J connectivity index is 1.85. The van der Waals surface area contributed by atoms with Gasteiger partial charge in [0, 0.05) is 18.0 Å². The average Bonchev–Trinajstić information content (AvgIpc) is 2.47. The Hall–Kier alpha value is -1.28. The van der Waals surface area contributed by atoms with Gasteiger partial charge in [-0.2, -0.15) is 0 Å². The molecule has 1 aliphatic heterocycles. The first-order chi connectivity index (χ1) is 9.28. The zero-order valence-corrected chi connectivity index (χ0v) is 11.9. The van der Waals surface area contributed by atoms with Crippen LogP contribution >= 0.6 is 0 Å². The number of aryl methyl sites for hydroxylation is 1. The maximum absolute atomic E-state index is 6.28. The Bertz CT molecular complexity index is 480. The zero-order chi connectivity index (χ0) is 13.2. The molecule has 0 saturated heterocycles. The zero-order valence-electron chi connectivity index (χ0n) is 11.9. The van der Waals surface area contributed by atoms with Crippen molar-refractivity contribution < 1.29 is 4.74 Å². The van der Waals surface area contributed by atoms with Crippen LogP contribution in [0.2, 0.25) is 0 Å².